The molecule has 1 unspecified atom stereocenters. The molecule has 0 aromatic carbocycles. The second kappa shape index (κ2) is 3.96. The number of rotatable bonds is 2. The summed E-state index contributed by atoms with van der Waals surface area (Å²) in [6, 6.07) is 0. The molecular formula is C9H17N5. The van der Waals surface area contributed by atoms with Crippen LogP contribution in [0.5, 0.6) is 0 Å². The summed E-state index contributed by atoms with van der Waals surface area (Å²) in [5.74, 6) is 2.29. The molecule has 1 aliphatic heterocycles. The molecule has 0 bridgehead atoms. The third kappa shape index (κ3) is 1.87. The number of nitrogens with one attached hydrogen (secondary N) is 1. The summed E-state index contributed by atoms with van der Waals surface area (Å²) >= 11 is 0. The molecular weight excluding hydrogens is 178 g/mol. The zero-order chi connectivity index (χ0) is 9.97. The van der Waals surface area contributed by atoms with Crippen LogP contribution in [0.15, 0.2) is 0 Å². The predicted molar refractivity (Wildman–Crippen MR) is 55.1 cm³/mol. The van der Waals surface area contributed by atoms with Gasteiger partial charge in [-0.3, -0.25) is 5.10 Å². The van der Waals surface area contributed by atoms with Crippen molar-refractivity contribution in [2.45, 2.75) is 19.8 Å². The van der Waals surface area contributed by atoms with E-state index in [0.717, 1.165) is 31.4 Å². The third-order valence-electron chi connectivity index (χ3n) is 2.72. The molecule has 2 rings (SSSR count). The van der Waals surface area contributed by atoms with Gasteiger partial charge in [0.15, 0.2) is 0 Å². The van der Waals surface area contributed by atoms with Crippen LogP contribution in [0.3, 0.4) is 0 Å². The molecule has 1 aliphatic rings. The van der Waals surface area contributed by atoms with Crippen LogP contribution in [0.25, 0.3) is 0 Å². The van der Waals surface area contributed by atoms with Gasteiger partial charge in [-0.2, -0.15) is 4.98 Å². The van der Waals surface area contributed by atoms with Crippen molar-refractivity contribution in [3.05, 3.63) is 5.82 Å². The Bertz CT molecular complexity index is 295. The van der Waals surface area contributed by atoms with Crippen molar-refractivity contribution in [2.75, 3.05) is 24.5 Å². The maximum atomic E-state index is 5.67. The Morgan fingerprint density at radius 1 is 1.64 bits per heavy atom. The first kappa shape index (κ1) is 9.45. The highest BCUT2D eigenvalue weighted by Crippen LogP contribution is 2.19. The van der Waals surface area contributed by atoms with Crippen molar-refractivity contribution < 1.29 is 0 Å². The molecule has 1 aromatic heterocycles. The number of nitrogens with two attached hydrogens (primary N) is 1. The van der Waals surface area contributed by atoms with Gasteiger partial charge in [-0.15, -0.1) is 5.10 Å². The van der Waals surface area contributed by atoms with E-state index in [0.29, 0.717) is 5.92 Å². The number of H-pyrrole nitrogens is 1. The van der Waals surface area contributed by atoms with Gasteiger partial charge in [-0.1, -0.05) is 0 Å². The van der Waals surface area contributed by atoms with Crippen LogP contribution in [0, 0.1) is 12.8 Å². The lowest BCUT2D eigenvalue weighted by Gasteiger charge is -2.31. The second-order valence-corrected chi connectivity index (χ2v) is 3.91. The first-order valence-electron chi connectivity index (χ1n) is 5.13. The minimum absolute atomic E-state index is 0.600. The van der Waals surface area contributed by atoms with Crippen LogP contribution < -0.4 is 10.6 Å². The summed E-state index contributed by atoms with van der Waals surface area (Å²) in [5.41, 5.74) is 5.67. The van der Waals surface area contributed by atoms with E-state index in [9.17, 15) is 0 Å². The zero-order valence-corrected chi connectivity index (χ0v) is 8.53. The van der Waals surface area contributed by atoms with Crippen molar-refractivity contribution >= 4 is 5.95 Å². The van der Waals surface area contributed by atoms with E-state index < -0.39 is 0 Å². The Kier molecular flexibility index (Phi) is 2.67. The number of hydrogen-bond acceptors (Lipinski definition) is 4. The number of hydrogen-bond donors (Lipinski definition) is 2. The molecule has 1 atom stereocenters. The normalized spacial score (nSPS) is 22.7. The molecule has 5 heteroatoms. The van der Waals surface area contributed by atoms with E-state index in [1.807, 2.05) is 6.92 Å². The van der Waals surface area contributed by atoms with Crippen LogP contribution in [0.1, 0.15) is 18.7 Å². The zero-order valence-electron chi connectivity index (χ0n) is 8.53. The molecule has 14 heavy (non-hydrogen) atoms. The van der Waals surface area contributed by atoms with E-state index in [1.165, 1.54) is 12.8 Å². The van der Waals surface area contributed by atoms with Crippen molar-refractivity contribution in [3.8, 4) is 0 Å². The first-order chi connectivity index (χ1) is 6.79. The molecule has 1 saturated heterocycles. The molecule has 1 fully saturated rings. The van der Waals surface area contributed by atoms with Crippen molar-refractivity contribution in [1.82, 2.24) is 15.2 Å². The summed E-state index contributed by atoms with van der Waals surface area (Å²) in [4.78, 5) is 6.53. The Hall–Kier alpha value is -1.10. The maximum absolute atomic E-state index is 5.67. The molecule has 5 nitrogen and oxygen atoms in total. The Balaban J connectivity index is 2.04. The van der Waals surface area contributed by atoms with E-state index in [4.69, 9.17) is 5.73 Å². The van der Waals surface area contributed by atoms with E-state index >= 15 is 0 Å². The standard InChI is InChI=1S/C9H17N5/c1-7-11-9(13-12-7)14-4-2-3-8(5-10)6-14/h8H,2-6,10H2,1H3,(H,11,12,13). The van der Waals surface area contributed by atoms with Gasteiger partial charge in [0.05, 0.1) is 0 Å². The lowest BCUT2D eigenvalue weighted by Crippen LogP contribution is -2.38. The molecule has 0 amide bonds. The number of aromatic amines is 1. The number of anilines is 1. The minimum Gasteiger partial charge on any atom is -0.339 e. The smallest absolute Gasteiger partial charge is 0.244 e. The molecule has 3 N–H and O–H groups in total. The maximum Gasteiger partial charge on any atom is 0.244 e. The van der Waals surface area contributed by atoms with E-state index in [2.05, 4.69) is 20.1 Å². The molecule has 78 valence electrons. The van der Waals surface area contributed by atoms with Crippen LogP contribution in [0.4, 0.5) is 5.95 Å². The summed E-state index contributed by atoms with van der Waals surface area (Å²) in [6.45, 7) is 4.72. The SMILES string of the molecule is Cc1nc(N2CCCC(CN)C2)n[nH]1. The number of aromatic nitrogens is 3. The van der Waals surface area contributed by atoms with Gasteiger partial charge in [0.1, 0.15) is 5.82 Å². The Labute approximate surface area is 83.7 Å². The average Bonchev–Trinajstić information content (AvgIpc) is 2.65. The second-order valence-electron chi connectivity index (χ2n) is 3.91. The fourth-order valence-corrected chi connectivity index (χ4v) is 1.91. The van der Waals surface area contributed by atoms with Gasteiger partial charge >= 0.3 is 0 Å². The number of aryl methyl sites for hydroxylation is 1. The molecule has 0 radical (unpaired) electrons. The van der Waals surface area contributed by atoms with Crippen molar-refractivity contribution in [1.29, 1.82) is 0 Å². The largest absolute Gasteiger partial charge is 0.339 e. The lowest BCUT2D eigenvalue weighted by molar-refractivity contribution is 0.420. The molecule has 1 aromatic rings. The van der Waals surface area contributed by atoms with Crippen LogP contribution >= 0.6 is 0 Å². The van der Waals surface area contributed by atoms with Gasteiger partial charge in [0.25, 0.3) is 0 Å². The molecule has 0 saturated carbocycles. The van der Waals surface area contributed by atoms with Gasteiger partial charge in [0.2, 0.25) is 5.95 Å². The molecule has 0 aliphatic carbocycles. The van der Waals surface area contributed by atoms with Gasteiger partial charge in [-0.25, -0.2) is 0 Å². The van der Waals surface area contributed by atoms with E-state index in [-0.39, 0.29) is 0 Å². The summed E-state index contributed by atoms with van der Waals surface area (Å²) < 4.78 is 0. The average molecular weight is 195 g/mol. The number of piperidine rings is 1. The fourth-order valence-electron chi connectivity index (χ4n) is 1.91. The lowest BCUT2D eigenvalue weighted by atomic mass is 9.99. The van der Waals surface area contributed by atoms with Gasteiger partial charge < -0.3 is 10.6 Å². The van der Waals surface area contributed by atoms with Crippen LogP contribution in [-0.4, -0.2) is 34.8 Å². The van der Waals surface area contributed by atoms with E-state index in [1.54, 1.807) is 0 Å². The fraction of sp³-hybridized carbons (Fsp3) is 0.778. The van der Waals surface area contributed by atoms with Crippen molar-refractivity contribution in [3.63, 3.8) is 0 Å². The minimum atomic E-state index is 0.600. The van der Waals surface area contributed by atoms with Crippen molar-refractivity contribution in [2.24, 2.45) is 11.7 Å². The van der Waals surface area contributed by atoms with Gasteiger partial charge in [-0.05, 0) is 32.2 Å². The molecule has 0 spiro atoms. The highest BCUT2D eigenvalue weighted by molar-refractivity contribution is 5.29. The first-order valence-corrected chi connectivity index (χ1v) is 5.13. The van der Waals surface area contributed by atoms with Gasteiger partial charge in [0, 0.05) is 13.1 Å². The summed E-state index contributed by atoms with van der Waals surface area (Å²) in [6.07, 6.45) is 2.42. The summed E-state index contributed by atoms with van der Waals surface area (Å²) in [7, 11) is 0. The predicted octanol–water partition coefficient (Wildman–Crippen LogP) is 0.288. The topological polar surface area (TPSA) is 70.8 Å². The highest BCUT2D eigenvalue weighted by Gasteiger charge is 2.21. The monoisotopic (exact) mass is 195 g/mol. The number of nitrogens with zero attached hydrogens (tertiary/aromatic N) is 3. The third-order valence-corrected chi connectivity index (χ3v) is 2.72. The highest BCUT2D eigenvalue weighted by atomic mass is 15.4. The van der Waals surface area contributed by atoms with Crippen LogP contribution in [-0.2, 0) is 0 Å². The Morgan fingerprint density at radius 2 is 2.50 bits per heavy atom. The van der Waals surface area contributed by atoms with Crippen LogP contribution in [0.2, 0.25) is 0 Å². The molecule has 2 heterocycles. The Morgan fingerprint density at radius 3 is 3.14 bits per heavy atom. The summed E-state index contributed by atoms with van der Waals surface area (Å²) in [5, 5.41) is 7.02. The quantitative estimate of drug-likeness (QED) is 0.711.